The number of benzene rings is 8. The standard InChI is InChI=1S/C42H26O/c1-2-15-28-27(13-1)14-11-23-29(28)30-16-3-4-17-31(30)40-32-18-5-7-20-34(32)41(35-21-8-6-19-33(35)40)37-24-12-26-39-42(37)36-22-9-10-25-38(36)43-39/h1-26H. The summed E-state index contributed by atoms with van der Waals surface area (Å²) in [6, 6.07) is 56.8. The summed E-state index contributed by atoms with van der Waals surface area (Å²) in [5, 5.41) is 9.79. The van der Waals surface area contributed by atoms with Gasteiger partial charge in [0, 0.05) is 10.8 Å². The molecule has 1 heterocycles. The molecule has 0 saturated carbocycles. The Bertz CT molecular complexity index is 2450. The highest BCUT2D eigenvalue weighted by Gasteiger charge is 2.21. The second-order valence-electron chi connectivity index (χ2n) is 11.2. The highest BCUT2D eigenvalue weighted by molar-refractivity contribution is 6.26. The molecule has 43 heavy (non-hydrogen) atoms. The van der Waals surface area contributed by atoms with Crippen LogP contribution in [0.5, 0.6) is 0 Å². The predicted molar refractivity (Wildman–Crippen MR) is 183 cm³/mol. The molecule has 0 spiro atoms. The van der Waals surface area contributed by atoms with Crippen molar-refractivity contribution in [1.82, 2.24) is 0 Å². The van der Waals surface area contributed by atoms with E-state index in [1.165, 1.54) is 65.7 Å². The lowest BCUT2D eigenvalue weighted by atomic mass is 9.82. The smallest absolute Gasteiger partial charge is 0.136 e. The minimum absolute atomic E-state index is 0.914. The fourth-order valence-corrected chi connectivity index (χ4v) is 7.09. The third-order valence-corrected chi connectivity index (χ3v) is 8.88. The van der Waals surface area contributed by atoms with Crippen molar-refractivity contribution in [3.05, 3.63) is 158 Å². The minimum Gasteiger partial charge on any atom is -0.456 e. The Kier molecular flexibility index (Phi) is 5.27. The van der Waals surface area contributed by atoms with Crippen LogP contribution in [0, 0.1) is 0 Å². The summed E-state index contributed by atoms with van der Waals surface area (Å²) >= 11 is 0. The summed E-state index contributed by atoms with van der Waals surface area (Å²) in [6.45, 7) is 0. The Morgan fingerprint density at radius 3 is 1.44 bits per heavy atom. The zero-order valence-corrected chi connectivity index (χ0v) is 23.4. The third-order valence-electron chi connectivity index (χ3n) is 8.88. The number of hydrogen-bond acceptors (Lipinski definition) is 1. The zero-order chi connectivity index (χ0) is 28.3. The van der Waals surface area contributed by atoms with Crippen molar-refractivity contribution in [3.8, 4) is 33.4 Å². The highest BCUT2D eigenvalue weighted by atomic mass is 16.3. The van der Waals surface area contributed by atoms with Crippen molar-refractivity contribution < 1.29 is 4.42 Å². The van der Waals surface area contributed by atoms with Crippen LogP contribution in [0.15, 0.2) is 162 Å². The molecule has 9 rings (SSSR count). The molecular weight excluding hydrogens is 520 g/mol. The van der Waals surface area contributed by atoms with E-state index in [2.05, 4.69) is 152 Å². The quantitative estimate of drug-likeness (QED) is 0.201. The van der Waals surface area contributed by atoms with Crippen molar-refractivity contribution >= 4 is 54.3 Å². The van der Waals surface area contributed by atoms with Crippen molar-refractivity contribution in [2.24, 2.45) is 0 Å². The molecule has 0 amide bonds. The average Bonchev–Trinajstić information content (AvgIpc) is 3.46. The van der Waals surface area contributed by atoms with E-state index in [0.29, 0.717) is 0 Å². The van der Waals surface area contributed by atoms with Gasteiger partial charge in [-0.25, -0.2) is 0 Å². The first-order chi connectivity index (χ1) is 21.4. The van der Waals surface area contributed by atoms with Crippen LogP contribution in [0.25, 0.3) is 87.6 Å². The Morgan fingerprint density at radius 2 is 0.721 bits per heavy atom. The van der Waals surface area contributed by atoms with E-state index in [-0.39, 0.29) is 0 Å². The molecule has 0 aliphatic heterocycles. The highest BCUT2D eigenvalue weighted by Crippen LogP contribution is 2.48. The van der Waals surface area contributed by atoms with Crippen LogP contribution in [-0.4, -0.2) is 0 Å². The molecule has 0 aliphatic rings. The van der Waals surface area contributed by atoms with Crippen LogP contribution in [0.2, 0.25) is 0 Å². The van der Waals surface area contributed by atoms with Gasteiger partial charge in [-0.05, 0) is 77.8 Å². The van der Waals surface area contributed by atoms with Gasteiger partial charge in [-0.2, -0.15) is 0 Å². The van der Waals surface area contributed by atoms with Gasteiger partial charge in [-0.15, -0.1) is 0 Å². The molecule has 200 valence electrons. The van der Waals surface area contributed by atoms with E-state index in [1.54, 1.807) is 0 Å². The van der Waals surface area contributed by atoms with Crippen LogP contribution < -0.4 is 0 Å². The van der Waals surface area contributed by atoms with Crippen LogP contribution in [-0.2, 0) is 0 Å². The fraction of sp³-hybridized carbons (Fsp3) is 0. The zero-order valence-electron chi connectivity index (χ0n) is 23.4. The molecule has 9 aromatic rings. The Morgan fingerprint density at radius 1 is 0.279 bits per heavy atom. The first-order valence-corrected chi connectivity index (χ1v) is 14.8. The molecule has 0 saturated heterocycles. The van der Waals surface area contributed by atoms with E-state index in [1.807, 2.05) is 6.07 Å². The molecule has 0 N–H and O–H groups in total. The van der Waals surface area contributed by atoms with Gasteiger partial charge in [0.15, 0.2) is 0 Å². The van der Waals surface area contributed by atoms with Crippen LogP contribution >= 0.6 is 0 Å². The maximum Gasteiger partial charge on any atom is 0.136 e. The summed E-state index contributed by atoms with van der Waals surface area (Å²) in [5.74, 6) is 0. The number of hydrogen-bond donors (Lipinski definition) is 0. The molecule has 0 fully saturated rings. The van der Waals surface area contributed by atoms with Gasteiger partial charge in [0.25, 0.3) is 0 Å². The Labute approximate surface area is 249 Å². The molecule has 8 aromatic carbocycles. The molecule has 1 nitrogen and oxygen atoms in total. The van der Waals surface area contributed by atoms with Crippen LogP contribution in [0.4, 0.5) is 0 Å². The maximum absolute atomic E-state index is 6.33. The topological polar surface area (TPSA) is 13.1 Å². The van der Waals surface area contributed by atoms with Gasteiger partial charge >= 0.3 is 0 Å². The number of rotatable bonds is 3. The van der Waals surface area contributed by atoms with E-state index in [0.717, 1.165) is 21.9 Å². The number of furan rings is 1. The monoisotopic (exact) mass is 546 g/mol. The summed E-state index contributed by atoms with van der Waals surface area (Å²) < 4.78 is 6.33. The van der Waals surface area contributed by atoms with Gasteiger partial charge in [0.05, 0.1) is 0 Å². The second kappa shape index (κ2) is 9.44. The lowest BCUT2D eigenvalue weighted by Crippen LogP contribution is -1.93. The SMILES string of the molecule is c1ccc(-c2c3ccccc3c(-c3cccc4oc5ccccc5c34)c3ccccc23)c(-c2cccc3ccccc23)c1. The second-order valence-corrected chi connectivity index (χ2v) is 11.2. The van der Waals surface area contributed by atoms with Crippen LogP contribution in [0.3, 0.4) is 0 Å². The fourth-order valence-electron chi connectivity index (χ4n) is 7.09. The minimum atomic E-state index is 0.914. The summed E-state index contributed by atoms with van der Waals surface area (Å²) in [7, 11) is 0. The van der Waals surface area contributed by atoms with Crippen molar-refractivity contribution in [2.75, 3.05) is 0 Å². The molecule has 0 bridgehead atoms. The molecule has 0 aliphatic carbocycles. The normalized spacial score (nSPS) is 11.7. The maximum atomic E-state index is 6.33. The number of fused-ring (bicyclic) bond motifs is 6. The number of para-hydroxylation sites is 1. The first kappa shape index (κ1) is 24.0. The van der Waals surface area contributed by atoms with Gasteiger partial charge in [0.2, 0.25) is 0 Å². The molecular formula is C42H26O. The summed E-state index contributed by atoms with van der Waals surface area (Å²) in [4.78, 5) is 0. The largest absolute Gasteiger partial charge is 0.456 e. The molecule has 1 aromatic heterocycles. The average molecular weight is 547 g/mol. The molecule has 0 radical (unpaired) electrons. The van der Waals surface area contributed by atoms with Crippen molar-refractivity contribution in [1.29, 1.82) is 0 Å². The molecule has 0 unspecified atom stereocenters. The van der Waals surface area contributed by atoms with Crippen LogP contribution in [0.1, 0.15) is 0 Å². The van der Waals surface area contributed by atoms with E-state index in [9.17, 15) is 0 Å². The van der Waals surface area contributed by atoms with E-state index >= 15 is 0 Å². The first-order valence-electron chi connectivity index (χ1n) is 14.8. The Balaban J connectivity index is 1.43. The van der Waals surface area contributed by atoms with Crippen molar-refractivity contribution in [3.63, 3.8) is 0 Å². The molecule has 1 heteroatoms. The lowest BCUT2D eigenvalue weighted by Gasteiger charge is -2.20. The van der Waals surface area contributed by atoms with Gasteiger partial charge in [0.1, 0.15) is 11.2 Å². The van der Waals surface area contributed by atoms with Gasteiger partial charge < -0.3 is 4.42 Å². The predicted octanol–water partition coefficient (Wildman–Crippen LogP) is 12.0. The lowest BCUT2D eigenvalue weighted by molar-refractivity contribution is 0.669. The van der Waals surface area contributed by atoms with E-state index < -0.39 is 0 Å². The summed E-state index contributed by atoms with van der Waals surface area (Å²) in [5.41, 5.74) is 9.27. The van der Waals surface area contributed by atoms with E-state index in [4.69, 9.17) is 4.42 Å². The van der Waals surface area contributed by atoms with Gasteiger partial charge in [-0.1, -0.05) is 146 Å². The molecule has 0 atom stereocenters. The Hall–Kier alpha value is -5.66. The third kappa shape index (κ3) is 3.58. The van der Waals surface area contributed by atoms with Crippen molar-refractivity contribution in [2.45, 2.75) is 0 Å². The summed E-state index contributed by atoms with van der Waals surface area (Å²) in [6.07, 6.45) is 0. The van der Waals surface area contributed by atoms with Gasteiger partial charge in [-0.3, -0.25) is 0 Å².